The molecule has 0 saturated heterocycles. The van der Waals surface area contributed by atoms with Gasteiger partial charge in [-0.25, -0.2) is 13.1 Å². The highest BCUT2D eigenvalue weighted by Gasteiger charge is 2.29. The first kappa shape index (κ1) is 22.3. The summed E-state index contributed by atoms with van der Waals surface area (Å²) in [5.74, 6) is 0.631. The maximum Gasteiger partial charge on any atom is 0.321 e. The molecule has 0 saturated carbocycles. The smallest absolute Gasteiger partial charge is 0.321 e. The molecule has 1 N–H and O–H groups in total. The van der Waals surface area contributed by atoms with E-state index in [2.05, 4.69) is 4.72 Å². The summed E-state index contributed by atoms with van der Waals surface area (Å²) in [4.78, 5) is 12.0. The zero-order valence-corrected chi connectivity index (χ0v) is 17.3. The van der Waals surface area contributed by atoms with Gasteiger partial charge in [-0.2, -0.15) is 0 Å². The van der Waals surface area contributed by atoms with Crippen LogP contribution in [0.2, 0.25) is 5.02 Å². The topological polar surface area (TPSA) is 72.5 Å². The van der Waals surface area contributed by atoms with Gasteiger partial charge in [0.2, 0.25) is 10.0 Å². The summed E-state index contributed by atoms with van der Waals surface area (Å²) in [6.45, 7) is 6.28. The Bertz CT molecular complexity index is 645. The molecule has 0 aliphatic carbocycles. The lowest BCUT2D eigenvalue weighted by molar-refractivity contribution is -0.145. The largest absolute Gasteiger partial charge is 0.465 e. The van der Waals surface area contributed by atoms with E-state index < -0.39 is 14.8 Å². The molecule has 0 spiro atoms. The number of unbranched alkanes of at least 4 members (excludes halogenated alkanes) is 2. The van der Waals surface area contributed by atoms with Crippen molar-refractivity contribution in [1.82, 2.24) is 4.72 Å². The lowest BCUT2D eigenvalue weighted by Gasteiger charge is -2.21. The summed E-state index contributed by atoms with van der Waals surface area (Å²) < 4.78 is 31.3. The van der Waals surface area contributed by atoms with Crippen LogP contribution in [0.15, 0.2) is 29.2 Å². The number of ether oxygens (including phenoxy) is 1. The van der Waals surface area contributed by atoms with Crippen molar-refractivity contribution in [3.63, 3.8) is 0 Å². The monoisotopic (exact) mass is 407 g/mol. The lowest BCUT2D eigenvalue weighted by atomic mass is 10.2. The van der Waals surface area contributed by atoms with Crippen LogP contribution < -0.4 is 4.72 Å². The highest BCUT2D eigenvalue weighted by Crippen LogP contribution is 2.27. The molecule has 0 bridgehead atoms. The average Bonchev–Trinajstić information content (AvgIpc) is 2.54. The fourth-order valence-corrected chi connectivity index (χ4v) is 4.23. The predicted octanol–water partition coefficient (Wildman–Crippen LogP) is 3.86. The van der Waals surface area contributed by atoms with Gasteiger partial charge in [0.1, 0.15) is 4.75 Å². The van der Waals surface area contributed by atoms with E-state index in [0.717, 1.165) is 25.0 Å². The number of hydrogen-bond acceptors (Lipinski definition) is 5. The van der Waals surface area contributed by atoms with Crippen molar-refractivity contribution in [3.05, 3.63) is 29.3 Å². The molecule has 0 radical (unpaired) electrons. The molecule has 1 rings (SSSR count). The van der Waals surface area contributed by atoms with E-state index in [4.69, 9.17) is 16.3 Å². The van der Waals surface area contributed by atoms with Gasteiger partial charge in [0.25, 0.3) is 0 Å². The predicted molar refractivity (Wildman–Crippen MR) is 104 cm³/mol. The molecule has 0 amide bonds. The quantitative estimate of drug-likeness (QED) is 0.445. The molecule has 0 unspecified atom stereocenters. The van der Waals surface area contributed by atoms with E-state index in [-0.39, 0.29) is 10.9 Å². The summed E-state index contributed by atoms with van der Waals surface area (Å²) in [5.41, 5.74) is 0. The first-order chi connectivity index (χ1) is 11.7. The number of thioether (sulfide) groups is 1. The maximum absolute atomic E-state index is 12.1. The summed E-state index contributed by atoms with van der Waals surface area (Å²) >= 11 is 7.32. The summed E-state index contributed by atoms with van der Waals surface area (Å²) in [5, 5.41) is 0.502. The Morgan fingerprint density at radius 2 is 1.84 bits per heavy atom. The molecule has 1 aromatic rings. The SMILES string of the molecule is CCOC(=O)C(C)(C)SCCCCCNS(=O)(=O)c1ccc(Cl)cc1. The van der Waals surface area contributed by atoms with Crippen molar-refractivity contribution in [2.45, 2.75) is 49.7 Å². The Hall–Kier alpha value is -0.760. The van der Waals surface area contributed by atoms with E-state index in [1.165, 1.54) is 12.1 Å². The van der Waals surface area contributed by atoms with Crippen LogP contribution in [0.25, 0.3) is 0 Å². The highest BCUT2D eigenvalue weighted by atomic mass is 35.5. The van der Waals surface area contributed by atoms with Gasteiger partial charge in [0.15, 0.2) is 0 Å². The minimum absolute atomic E-state index is 0.198. The van der Waals surface area contributed by atoms with Gasteiger partial charge in [-0.1, -0.05) is 18.0 Å². The Labute approximate surface area is 159 Å². The summed E-state index contributed by atoms with van der Waals surface area (Å²) in [6, 6.07) is 6.08. The van der Waals surface area contributed by atoms with Gasteiger partial charge in [-0.05, 0) is 63.6 Å². The van der Waals surface area contributed by atoms with Gasteiger partial charge >= 0.3 is 5.97 Å². The molecule has 142 valence electrons. The first-order valence-corrected chi connectivity index (χ1v) is 11.1. The molecule has 8 heteroatoms. The second-order valence-electron chi connectivity index (χ2n) is 5.99. The summed E-state index contributed by atoms with van der Waals surface area (Å²) in [7, 11) is -3.49. The van der Waals surface area contributed by atoms with Crippen LogP contribution in [0.4, 0.5) is 0 Å². The van der Waals surface area contributed by atoms with Gasteiger partial charge < -0.3 is 4.74 Å². The van der Waals surface area contributed by atoms with Crippen molar-refractivity contribution < 1.29 is 17.9 Å². The lowest BCUT2D eigenvalue weighted by Crippen LogP contribution is -2.30. The van der Waals surface area contributed by atoms with E-state index in [1.807, 2.05) is 13.8 Å². The average molecular weight is 408 g/mol. The van der Waals surface area contributed by atoms with Crippen LogP contribution >= 0.6 is 23.4 Å². The number of nitrogens with one attached hydrogen (secondary N) is 1. The van der Waals surface area contributed by atoms with Crippen molar-refractivity contribution >= 4 is 39.4 Å². The number of halogens is 1. The van der Waals surface area contributed by atoms with Crippen LogP contribution in [-0.2, 0) is 19.6 Å². The minimum atomic E-state index is -3.49. The third-order valence-corrected chi connectivity index (χ3v) is 6.58. The molecular weight excluding hydrogens is 382 g/mol. The van der Waals surface area contributed by atoms with E-state index >= 15 is 0 Å². The molecule has 0 aliphatic heterocycles. The third-order valence-electron chi connectivity index (χ3n) is 3.47. The van der Waals surface area contributed by atoms with Crippen LogP contribution in [0.3, 0.4) is 0 Å². The zero-order chi connectivity index (χ0) is 18.9. The van der Waals surface area contributed by atoms with Gasteiger partial charge in [-0.3, -0.25) is 4.79 Å². The highest BCUT2D eigenvalue weighted by molar-refractivity contribution is 8.01. The number of benzene rings is 1. The fourth-order valence-electron chi connectivity index (χ4n) is 2.00. The van der Waals surface area contributed by atoms with Crippen LogP contribution in [0.1, 0.15) is 40.0 Å². The van der Waals surface area contributed by atoms with Crippen LogP contribution in [0, 0.1) is 0 Å². The van der Waals surface area contributed by atoms with E-state index in [1.54, 1.807) is 30.8 Å². The second-order valence-corrected chi connectivity index (χ2v) is 9.91. The molecule has 25 heavy (non-hydrogen) atoms. The molecule has 0 aliphatic rings. The van der Waals surface area contributed by atoms with Gasteiger partial charge in [0.05, 0.1) is 11.5 Å². The molecule has 0 atom stereocenters. The van der Waals surface area contributed by atoms with Crippen molar-refractivity contribution in [1.29, 1.82) is 0 Å². The number of hydrogen-bond donors (Lipinski definition) is 1. The number of carbonyl (C=O) groups is 1. The first-order valence-electron chi connectivity index (χ1n) is 8.25. The van der Waals surface area contributed by atoms with Gasteiger partial charge in [-0.15, -0.1) is 11.8 Å². The Morgan fingerprint density at radius 3 is 2.44 bits per heavy atom. The van der Waals surface area contributed by atoms with Crippen LogP contribution in [0.5, 0.6) is 0 Å². The number of carbonyl (C=O) groups excluding carboxylic acids is 1. The maximum atomic E-state index is 12.1. The fraction of sp³-hybridized carbons (Fsp3) is 0.588. The number of esters is 1. The molecule has 1 aromatic carbocycles. The number of sulfonamides is 1. The van der Waals surface area contributed by atoms with Crippen LogP contribution in [-0.4, -0.2) is 38.0 Å². The Kier molecular flexibility index (Phi) is 9.27. The Balaban J connectivity index is 2.24. The molecular formula is C17H26ClNO4S2. The third kappa shape index (κ3) is 7.98. The van der Waals surface area contributed by atoms with E-state index in [9.17, 15) is 13.2 Å². The standard InChI is InChI=1S/C17H26ClNO4S2/c1-4-23-16(20)17(2,3)24-13-7-5-6-12-19-25(21,22)15-10-8-14(18)9-11-15/h8-11,19H,4-7,12-13H2,1-3H3. The molecule has 0 heterocycles. The second kappa shape index (κ2) is 10.4. The van der Waals surface area contributed by atoms with E-state index in [0.29, 0.717) is 18.2 Å². The zero-order valence-electron chi connectivity index (χ0n) is 14.9. The number of rotatable bonds is 11. The molecule has 0 fully saturated rings. The van der Waals surface area contributed by atoms with Gasteiger partial charge in [0, 0.05) is 11.6 Å². The van der Waals surface area contributed by atoms with Crippen molar-refractivity contribution in [3.8, 4) is 0 Å². The minimum Gasteiger partial charge on any atom is -0.465 e. The normalized spacial score (nSPS) is 12.2. The Morgan fingerprint density at radius 1 is 1.20 bits per heavy atom. The summed E-state index contributed by atoms with van der Waals surface area (Å²) in [6.07, 6.45) is 2.54. The van der Waals surface area contributed by atoms with Crippen molar-refractivity contribution in [2.24, 2.45) is 0 Å². The molecule has 5 nitrogen and oxygen atoms in total. The van der Waals surface area contributed by atoms with Crippen molar-refractivity contribution in [2.75, 3.05) is 18.9 Å². The molecule has 0 aromatic heterocycles.